The van der Waals surface area contributed by atoms with Crippen LogP contribution in [0.25, 0.3) is 0 Å². The van der Waals surface area contributed by atoms with E-state index in [1.54, 1.807) is 12.3 Å². The Kier molecular flexibility index (Phi) is 8.23. The van der Waals surface area contributed by atoms with Crippen LogP contribution in [-0.2, 0) is 9.59 Å². The highest BCUT2D eigenvalue weighted by atomic mass is 19.4. The summed E-state index contributed by atoms with van der Waals surface area (Å²) in [6.07, 6.45) is 1.87. The third kappa shape index (κ3) is 7.02. The van der Waals surface area contributed by atoms with Crippen LogP contribution in [-0.4, -0.2) is 64.2 Å². The van der Waals surface area contributed by atoms with Gasteiger partial charge in [-0.15, -0.1) is 0 Å². The number of ether oxygens (including phenoxy) is 1. The Hall–Kier alpha value is -3.63. The Morgan fingerprint density at radius 3 is 2.34 bits per heavy atom. The fourth-order valence-corrected chi connectivity index (χ4v) is 4.88. The van der Waals surface area contributed by atoms with Crippen molar-refractivity contribution in [2.24, 2.45) is 5.92 Å². The largest absolute Gasteiger partial charge is 0.490 e. The molecule has 5 rings (SSSR count). The smallest absolute Gasteiger partial charge is 0.487 e. The fourth-order valence-electron chi connectivity index (χ4n) is 4.88. The number of piperidine rings is 1. The molecule has 1 spiro atoms. The van der Waals surface area contributed by atoms with Gasteiger partial charge in [0.1, 0.15) is 17.0 Å². The first-order valence-corrected chi connectivity index (χ1v) is 12.6. The van der Waals surface area contributed by atoms with E-state index in [1.165, 1.54) is 12.8 Å². The molecule has 3 aliphatic rings. The lowest BCUT2D eigenvalue weighted by molar-refractivity contribution is -0.192. The molecule has 8 nitrogen and oxygen atoms in total. The van der Waals surface area contributed by atoms with Crippen LogP contribution in [0.2, 0.25) is 0 Å². The van der Waals surface area contributed by atoms with E-state index in [2.05, 4.69) is 16.4 Å². The van der Waals surface area contributed by atoms with Gasteiger partial charge in [-0.05, 0) is 48.9 Å². The van der Waals surface area contributed by atoms with Crippen LogP contribution in [0, 0.1) is 5.92 Å². The predicted molar refractivity (Wildman–Crippen MR) is 131 cm³/mol. The van der Waals surface area contributed by atoms with Gasteiger partial charge in [0.05, 0.1) is 0 Å². The van der Waals surface area contributed by atoms with Crippen LogP contribution in [0.15, 0.2) is 48.7 Å². The topological polar surface area (TPSA) is 109 Å². The molecule has 0 bridgehead atoms. The highest BCUT2D eigenvalue weighted by molar-refractivity contribution is 5.92. The molecule has 2 amide bonds. The molecule has 1 aromatic heterocycles. The zero-order valence-electron chi connectivity index (χ0n) is 20.7. The number of nitrogens with one attached hydrogen (secondary N) is 1. The van der Waals surface area contributed by atoms with Crippen molar-refractivity contribution in [1.29, 1.82) is 0 Å². The number of hydrogen-bond donors (Lipinski definition) is 2. The molecule has 2 N–H and O–H groups in total. The summed E-state index contributed by atoms with van der Waals surface area (Å²) in [6.45, 7) is 2.08. The molecule has 1 saturated heterocycles. The quantitative estimate of drug-likeness (QED) is 0.597. The summed E-state index contributed by atoms with van der Waals surface area (Å²) in [4.78, 5) is 40.4. The molecular weight excluding hydrogens is 503 g/mol. The molecule has 2 aliphatic heterocycles. The number of alkyl halides is 3. The third-order valence-electron chi connectivity index (χ3n) is 7.11. The van der Waals surface area contributed by atoms with E-state index in [0.717, 1.165) is 37.1 Å². The Balaban J connectivity index is 0.000000426. The van der Waals surface area contributed by atoms with Crippen LogP contribution >= 0.6 is 0 Å². The summed E-state index contributed by atoms with van der Waals surface area (Å²) in [5.74, 6) is -0.944. The predicted octanol–water partition coefficient (Wildman–Crippen LogP) is 4.17. The molecule has 1 unspecified atom stereocenters. The molecule has 0 radical (unpaired) electrons. The van der Waals surface area contributed by atoms with Crippen LogP contribution in [0.1, 0.15) is 60.5 Å². The fraction of sp³-hybridized carbons (Fsp3) is 0.481. The number of carboxylic acid groups (broad SMARTS) is 1. The van der Waals surface area contributed by atoms with Crippen molar-refractivity contribution < 1.29 is 37.4 Å². The third-order valence-corrected chi connectivity index (χ3v) is 7.11. The number of benzene rings is 1. The van der Waals surface area contributed by atoms with E-state index >= 15 is 0 Å². The van der Waals surface area contributed by atoms with Gasteiger partial charge in [0, 0.05) is 51.0 Å². The minimum absolute atomic E-state index is 0.0253. The maximum atomic E-state index is 12.8. The Morgan fingerprint density at radius 2 is 1.74 bits per heavy atom. The van der Waals surface area contributed by atoms with E-state index in [0.29, 0.717) is 31.1 Å². The minimum atomic E-state index is -5.08. The number of nitrogens with zero attached hydrogens (tertiary/aromatic N) is 2. The number of halogens is 3. The van der Waals surface area contributed by atoms with E-state index in [-0.39, 0.29) is 23.3 Å². The normalized spacial score (nSPS) is 19.9. The van der Waals surface area contributed by atoms with Crippen LogP contribution < -0.4 is 10.1 Å². The van der Waals surface area contributed by atoms with E-state index < -0.39 is 12.1 Å². The molecular formula is C27H30F3N3O5. The van der Waals surface area contributed by atoms with Gasteiger partial charge < -0.3 is 20.1 Å². The molecule has 11 heteroatoms. The first kappa shape index (κ1) is 27.4. The van der Waals surface area contributed by atoms with Gasteiger partial charge in [0.15, 0.2) is 0 Å². The van der Waals surface area contributed by atoms with Gasteiger partial charge in [0.2, 0.25) is 5.91 Å². The lowest BCUT2D eigenvalue weighted by Crippen LogP contribution is -2.52. The van der Waals surface area contributed by atoms with Gasteiger partial charge in [0.25, 0.3) is 5.91 Å². The number of aromatic nitrogens is 1. The molecule has 38 heavy (non-hydrogen) atoms. The summed E-state index contributed by atoms with van der Waals surface area (Å²) < 4.78 is 38.3. The SMILES string of the molecule is O=C(CC1CC2(CCN(C(=O)c3ccccn3)CC2)Oc2ccccc21)NCC1CC1.O=C(O)C(F)(F)F. The zero-order valence-corrected chi connectivity index (χ0v) is 20.7. The number of carbonyl (C=O) groups is 3. The first-order valence-electron chi connectivity index (χ1n) is 12.6. The van der Waals surface area contributed by atoms with E-state index in [1.807, 2.05) is 35.2 Å². The summed E-state index contributed by atoms with van der Waals surface area (Å²) in [7, 11) is 0. The summed E-state index contributed by atoms with van der Waals surface area (Å²) in [5.41, 5.74) is 1.29. The number of rotatable bonds is 5. The van der Waals surface area contributed by atoms with Crippen molar-refractivity contribution in [2.75, 3.05) is 19.6 Å². The number of aliphatic carboxylic acids is 1. The molecule has 1 atom stereocenters. The highest BCUT2D eigenvalue weighted by Gasteiger charge is 2.44. The lowest BCUT2D eigenvalue weighted by Gasteiger charge is -2.46. The molecule has 2 aromatic rings. The average Bonchev–Trinajstić information content (AvgIpc) is 3.73. The van der Waals surface area contributed by atoms with Gasteiger partial charge in [-0.25, -0.2) is 4.79 Å². The van der Waals surface area contributed by atoms with Gasteiger partial charge in [-0.1, -0.05) is 24.3 Å². The van der Waals surface area contributed by atoms with Crippen molar-refractivity contribution in [2.45, 2.75) is 56.2 Å². The van der Waals surface area contributed by atoms with Crippen molar-refractivity contribution >= 4 is 17.8 Å². The molecule has 1 aliphatic carbocycles. The highest BCUT2D eigenvalue weighted by Crippen LogP contribution is 2.46. The van der Waals surface area contributed by atoms with Crippen molar-refractivity contribution in [1.82, 2.24) is 15.2 Å². The van der Waals surface area contributed by atoms with Gasteiger partial charge in [-0.3, -0.25) is 14.6 Å². The number of carbonyl (C=O) groups excluding carboxylic acids is 2. The summed E-state index contributed by atoms with van der Waals surface area (Å²) in [6, 6.07) is 13.5. The first-order chi connectivity index (χ1) is 18.1. The number of carboxylic acids is 1. The minimum Gasteiger partial charge on any atom is -0.487 e. The van der Waals surface area contributed by atoms with Crippen molar-refractivity contribution in [3.63, 3.8) is 0 Å². The summed E-state index contributed by atoms with van der Waals surface area (Å²) in [5, 5.41) is 10.2. The molecule has 1 aromatic carbocycles. The zero-order chi connectivity index (χ0) is 27.3. The number of pyridine rings is 1. The van der Waals surface area contributed by atoms with Crippen LogP contribution in [0.4, 0.5) is 13.2 Å². The maximum Gasteiger partial charge on any atom is 0.490 e. The number of fused-ring (bicyclic) bond motifs is 1. The average molecular weight is 534 g/mol. The number of likely N-dealkylation sites (tertiary alicyclic amines) is 1. The molecule has 1 saturated carbocycles. The second-order valence-corrected chi connectivity index (χ2v) is 9.99. The van der Waals surface area contributed by atoms with E-state index in [9.17, 15) is 22.8 Å². The molecule has 3 heterocycles. The number of hydrogen-bond acceptors (Lipinski definition) is 5. The van der Waals surface area contributed by atoms with Crippen LogP contribution in [0.5, 0.6) is 5.75 Å². The van der Waals surface area contributed by atoms with Crippen LogP contribution in [0.3, 0.4) is 0 Å². The van der Waals surface area contributed by atoms with E-state index in [4.69, 9.17) is 14.6 Å². The van der Waals surface area contributed by atoms with Gasteiger partial charge in [-0.2, -0.15) is 13.2 Å². The lowest BCUT2D eigenvalue weighted by atomic mass is 9.76. The standard InChI is InChI=1S/C25H29N3O3.C2HF3O2/c29-23(27-17-18-8-9-18)15-19-16-25(31-22-7-2-1-5-20(19)22)10-13-28(14-11-25)24(30)21-6-3-4-12-26-21;3-2(4,5)1(6)7/h1-7,12,18-19H,8-11,13-17H2,(H,27,29);(H,6,7). The number of amides is 2. The second kappa shape index (κ2) is 11.4. The Bertz CT molecular complexity index is 1150. The number of para-hydroxylation sites is 1. The Morgan fingerprint density at radius 1 is 1.08 bits per heavy atom. The Labute approximate surface area is 218 Å². The van der Waals surface area contributed by atoms with Crippen molar-refractivity contribution in [3.05, 3.63) is 59.9 Å². The van der Waals surface area contributed by atoms with Gasteiger partial charge >= 0.3 is 12.1 Å². The van der Waals surface area contributed by atoms with Crippen molar-refractivity contribution in [3.8, 4) is 5.75 Å². The molecule has 204 valence electrons. The summed E-state index contributed by atoms with van der Waals surface area (Å²) >= 11 is 0. The monoisotopic (exact) mass is 533 g/mol. The second-order valence-electron chi connectivity index (χ2n) is 9.99. The maximum absolute atomic E-state index is 12.8. The molecule has 2 fully saturated rings.